The number of anilines is 1. The zero-order valence-electron chi connectivity index (χ0n) is 19.2. The SMILES string of the molecule is COC(=O)[C@@H]1CCCN1C(=O)c1cc(NC(=O)c2ccccc2)cc2ncn(C3CCCC3)c12. The van der Waals surface area contributed by atoms with Gasteiger partial charge in [0.25, 0.3) is 11.8 Å². The quantitative estimate of drug-likeness (QED) is 0.577. The minimum Gasteiger partial charge on any atom is -0.467 e. The number of imidazole rings is 1. The second-order valence-electron chi connectivity index (χ2n) is 8.98. The molecule has 176 valence electrons. The Morgan fingerprint density at radius 2 is 1.79 bits per heavy atom. The topological polar surface area (TPSA) is 93.5 Å². The van der Waals surface area contributed by atoms with Gasteiger partial charge in [-0.15, -0.1) is 0 Å². The average Bonchev–Trinajstić information content (AvgIpc) is 3.63. The zero-order valence-corrected chi connectivity index (χ0v) is 19.2. The molecular formula is C26H28N4O4. The summed E-state index contributed by atoms with van der Waals surface area (Å²) in [7, 11) is 1.34. The van der Waals surface area contributed by atoms with Crippen LogP contribution < -0.4 is 5.32 Å². The fourth-order valence-electron chi connectivity index (χ4n) is 5.20. The Morgan fingerprint density at radius 3 is 2.53 bits per heavy atom. The van der Waals surface area contributed by atoms with Crippen LogP contribution in [0.25, 0.3) is 11.0 Å². The Bertz CT molecular complexity index is 1230. The van der Waals surface area contributed by atoms with Gasteiger partial charge < -0.3 is 19.5 Å². The molecule has 1 saturated heterocycles. The fourth-order valence-corrected chi connectivity index (χ4v) is 5.20. The highest BCUT2D eigenvalue weighted by molar-refractivity contribution is 6.10. The molecule has 0 bridgehead atoms. The largest absolute Gasteiger partial charge is 0.467 e. The number of esters is 1. The molecule has 1 aliphatic carbocycles. The van der Waals surface area contributed by atoms with Crippen LogP contribution in [-0.4, -0.2) is 51.9 Å². The van der Waals surface area contributed by atoms with Crippen molar-refractivity contribution in [1.82, 2.24) is 14.5 Å². The Balaban J connectivity index is 1.57. The number of nitrogens with zero attached hydrogens (tertiary/aromatic N) is 3. The number of benzene rings is 2. The molecule has 1 saturated carbocycles. The number of hydrogen-bond donors (Lipinski definition) is 1. The van der Waals surface area contributed by atoms with Crippen LogP contribution in [0.3, 0.4) is 0 Å². The third-order valence-electron chi connectivity index (χ3n) is 6.90. The van der Waals surface area contributed by atoms with Gasteiger partial charge in [0.05, 0.1) is 30.0 Å². The smallest absolute Gasteiger partial charge is 0.328 e. The molecular weight excluding hydrogens is 432 g/mol. The van der Waals surface area contributed by atoms with E-state index >= 15 is 0 Å². The Hall–Kier alpha value is -3.68. The number of aromatic nitrogens is 2. The van der Waals surface area contributed by atoms with Gasteiger partial charge in [0.15, 0.2) is 0 Å². The summed E-state index contributed by atoms with van der Waals surface area (Å²) >= 11 is 0. The first-order chi connectivity index (χ1) is 16.6. The number of methoxy groups -OCH3 is 1. The second kappa shape index (κ2) is 9.29. The number of ether oxygens (including phenoxy) is 1. The van der Waals surface area contributed by atoms with E-state index in [4.69, 9.17) is 4.74 Å². The summed E-state index contributed by atoms with van der Waals surface area (Å²) in [6, 6.07) is 12.1. The highest BCUT2D eigenvalue weighted by atomic mass is 16.5. The lowest BCUT2D eigenvalue weighted by Crippen LogP contribution is -2.41. The Kier molecular flexibility index (Phi) is 6.04. The van der Waals surface area contributed by atoms with Crippen molar-refractivity contribution in [2.45, 2.75) is 50.6 Å². The number of hydrogen-bond acceptors (Lipinski definition) is 5. The fraction of sp³-hybridized carbons (Fsp3) is 0.385. The van der Waals surface area contributed by atoms with Crippen molar-refractivity contribution in [3.05, 3.63) is 59.9 Å². The monoisotopic (exact) mass is 460 g/mol. The standard InChI is InChI=1S/C26H28N4O4/c1-34-26(33)22-12-7-13-29(22)25(32)20-14-18(28-24(31)17-8-3-2-4-9-17)15-21-23(20)30(16-27-21)19-10-5-6-11-19/h2-4,8-9,14-16,19,22H,5-7,10-13H2,1H3,(H,28,31)/t22-/m0/s1. The van der Waals surface area contributed by atoms with E-state index in [0.29, 0.717) is 35.3 Å². The minimum atomic E-state index is -0.599. The minimum absolute atomic E-state index is 0.242. The molecule has 3 aromatic rings. The molecule has 0 radical (unpaired) electrons. The first-order valence-electron chi connectivity index (χ1n) is 11.8. The normalized spacial score (nSPS) is 18.4. The van der Waals surface area contributed by atoms with E-state index < -0.39 is 12.0 Å². The number of carbonyl (C=O) groups is 3. The van der Waals surface area contributed by atoms with Gasteiger partial charge in [0.1, 0.15) is 6.04 Å². The van der Waals surface area contributed by atoms with Gasteiger partial charge >= 0.3 is 5.97 Å². The third-order valence-corrected chi connectivity index (χ3v) is 6.90. The molecule has 5 rings (SSSR count). The highest BCUT2D eigenvalue weighted by Gasteiger charge is 2.36. The van der Waals surface area contributed by atoms with Crippen molar-refractivity contribution >= 4 is 34.5 Å². The van der Waals surface area contributed by atoms with E-state index in [-0.39, 0.29) is 17.9 Å². The lowest BCUT2D eigenvalue weighted by atomic mass is 10.1. The summed E-state index contributed by atoms with van der Waals surface area (Å²) in [6.07, 6.45) is 7.49. The Labute approximate surface area is 197 Å². The molecule has 8 heteroatoms. The van der Waals surface area contributed by atoms with Crippen LogP contribution in [0.15, 0.2) is 48.8 Å². The predicted molar refractivity (Wildman–Crippen MR) is 128 cm³/mol. The maximum Gasteiger partial charge on any atom is 0.328 e. The third kappa shape index (κ3) is 4.04. The van der Waals surface area contributed by atoms with E-state index in [2.05, 4.69) is 14.9 Å². The molecule has 2 fully saturated rings. The van der Waals surface area contributed by atoms with Crippen molar-refractivity contribution in [3.8, 4) is 0 Å². The summed E-state index contributed by atoms with van der Waals surface area (Å²) in [5, 5.41) is 2.91. The molecule has 1 N–H and O–H groups in total. The van der Waals surface area contributed by atoms with Crippen LogP contribution in [0.1, 0.15) is 65.3 Å². The molecule has 2 aromatic carbocycles. The van der Waals surface area contributed by atoms with Crippen LogP contribution in [-0.2, 0) is 9.53 Å². The second-order valence-corrected chi connectivity index (χ2v) is 8.98. The molecule has 2 amide bonds. The molecule has 0 spiro atoms. The lowest BCUT2D eigenvalue weighted by molar-refractivity contribution is -0.145. The van der Waals surface area contributed by atoms with Crippen molar-refractivity contribution < 1.29 is 19.1 Å². The number of rotatable bonds is 5. The van der Waals surface area contributed by atoms with Gasteiger partial charge in [-0.1, -0.05) is 31.0 Å². The molecule has 2 heterocycles. The molecule has 2 aliphatic rings. The molecule has 0 unspecified atom stereocenters. The van der Waals surface area contributed by atoms with Gasteiger partial charge in [-0.3, -0.25) is 9.59 Å². The number of fused-ring (bicyclic) bond motifs is 1. The van der Waals surface area contributed by atoms with Crippen molar-refractivity contribution in [3.63, 3.8) is 0 Å². The summed E-state index contributed by atoms with van der Waals surface area (Å²) in [5.74, 6) is -0.907. The zero-order chi connectivity index (χ0) is 23.7. The first-order valence-corrected chi connectivity index (χ1v) is 11.8. The number of likely N-dealkylation sites (tertiary alicyclic amines) is 1. The van der Waals surface area contributed by atoms with E-state index in [1.165, 1.54) is 7.11 Å². The van der Waals surface area contributed by atoms with Crippen LogP contribution in [0.2, 0.25) is 0 Å². The molecule has 34 heavy (non-hydrogen) atoms. The summed E-state index contributed by atoms with van der Waals surface area (Å²) in [6.45, 7) is 0.484. The molecule has 1 atom stereocenters. The van der Waals surface area contributed by atoms with Crippen LogP contribution in [0, 0.1) is 0 Å². The van der Waals surface area contributed by atoms with Gasteiger partial charge in [-0.05, 0) is 49.9 Å². The van der Waals surface area contributed by atoms with Gasteiger partial charge in [-0.25, -0.2) is 9.78 Å². The van der Waals surface area contributed by atoms with E-state index in [0.717, 1.165) is 37.6 Å². The first kappa shape index (κ1) is 22.1. The van der Waals surface area contributed by atoms with E-state index in [1.54, 1.807) is 47.6 Å². The van der Waals surface area contributed by atoms with E-state index in [9.17, 15) is 14.4 Å². The highest BCUT2D eigenvalue weighted by Crippen LogP contribution is 2.35. The number of nitrogens with one attached hydrogen (secondary N) is 1. The summed E-state index contributed by atoms with van der Waals surface area (Å²) in [4.78, 5) is 45.1. The lowest BCUT2D eigenvalue weighted by Gasteiger charge is -2.24. The summed E-state index contributed by atoms with van der Waals surface area (Å²) in [5.41, 5.74) is 2.87. The number of carbonyl (C=O) groups excluding carboxylic acids is 3. The van der Waals surface area contributed by atoms with Crippen LogP contribution >= 0.6 is 0 Å². The average molecular weight is 461 g/mol. The predicted octanol–water partition coefficient (Wildman–Crippen LogP) is 4.18. The van der Waals surface area contributed by atoms with Crippen LogP contribution in [0.5, 0.6) is 0 Å². The van der Waals surface area contributed by atoms with Crippen molar-refractivity contribution in [2.24, 2.45) is 0 Å². The maximum atomic E-state index is 13.8. The number of amides is 2. The maximum absolute atomic E-state index is 13.8. The van der Waals surface area contributed by atoms with Gasteiger partial charge in [0, 0.05) is 23.8 Å². The van der Waals surface area contributed by atoms with Gasteiger partial charge in [0.2, 0.25) is 0 Å². The van der Waals surface area contributed by atoms with Crippen molar-refractivity contribution in [2.75, 3.05) is 19.0 Å². The molecule has 1 aromatic heterocycles. The van der Waals surface area contributed by atoms with Crippen LogP contribution in [0.4, 0.5) is 5.69 Å². The Morgan fingerprint density at radius 1 is 1.03 bits per heavy atom. The van der Waals surface area contributed by atoms with Gasteiger partial charge in [-0.2, -0.15) is 0 Å². The molecule has 1 aliphatic heterocycles. The summed E-state index contributed by atoms with van der Waals surface area (Å²) < 4.78 is 7.04. The van der Waals surface area contributed by atoms with E-state index in [1.807, 2.05) is 6.07 Å². The molecule has 8 nitrogen and oxygen atoms in total. The van der Waals surface area contributed by atoms with Crippen molar-refractivity contribution in [1.29, 1.82) is 0 Å².